The standard InChI is InChI=1S/C16H21NO3S/c1-3-17-15(13-7-8-21(18,19)10-13)14-9-12-6-4-5-11(2)16(12)20-14/h4-6,9,13,15,17H,3,7-8,10H2,1-2H3. The number of rotatable bonds is 4. The number of furan rings is 1. The Balaban J connectivity index is 1.97. The minimum Gasteiger partial charge on any atom is -0.459 e. The molecular weight excluding hydrogens is 286 g/mol. The molecule has 1 aromatic carbocycles. The van der Waals surface area contributed by atoms with Crippen LogP contribution < -0.4 is 5.32 Å². The number of sulfone groups is 1. The highest BCUT2D eigenvalue weighted by molar-refractivity contribution is 7.91. The zero-order valence-corrected chi connectivity index (χ0v) is 13.2. The van der Waals surface area contributed by atoms with E-state index in [2.05, 4.69) is 5.32 Å². The average molecular weight is 307 g/mol. The number of hydrogen-bond acceptors (Lipinski definition) is 4. The highest BCUT2D eigenvalue weighted by Gasteiger charge is 2.35. The lowest BCUT2D eigenvalue weighted by atomic mass is 9.97. The summed E-state index contributed by atoms with van der Waals surface area (Å²) in [6.45, 7) is 4.85. The number of para-hydroxylation sites is 1. The molecule has 0 amide bonds. The molecule has 2 aromatic rings. The number of nitrogens with one attached hydrogen (secondary N) is 1. The van der Waals surface area contributed by atoms with Gasteiger partial charge in [-0.1, -0.05) is 25.1 Å². The van der Waals surface area contributed by atoms with Crippen molar-refractivity contribution in [1.29, 1.82) is 0 Å². The smallest absolute Gasteiger partial charge is 0.150 e. The number of fused-ring (bicyclic) bond motifs is 1. The topological polar surface area (TPSA) is 59.3 Å². The minimum absolute atomic E-state index is 0.0286. The van der Waals surface area contributed by atoms with Gasteiger partial charge in [-0.05, 0) is 37.4 Å². The van der Waals surface area contributed by atoms with E-state index in [-0.39, 0.29) is 17.7 Å². The minimum atomic E-state index is -2.89. The Kier molecular flexibility index (Phi) is 3.80. The molecule has 1 fully saturated rings. The first-order chi connectivity index (χ1) is 10.00. The summed E-state index contributed by atoms with van der Waals surface area (Å²) in [5.41, 5.74) is 2.00. The SMILES string of the molecule is CCNC(c1cc2cccc(C)c2o1)C1CCS(=O)(=O)C1. The van der Waals surface area contributed by atoms with Crippen LogP contribution in [0.2, 0.25) is 0 Å². The summed E-state index contributed by atoms with van der Waals surface area (Å²) in [5.74, 6) is 1.48. The molecule has 2 unspecified atom stereocenters. The van der Waals surface area contributed by atoms with Gasteiger partial charge < -0.3 is 9.73 Å². The van der Waals surface area contributed by atoms with Crippen molar-refractivity contribution in [2.75, 3.05) is 18.1 Å². The quantitative estimate of drug-likeness (QED) is 0.943. The van der Waals surface area contributed by atoms with E-state index in [4.69, 9.17) is 4.42 Å². The first-order valence-corrected chi connectivity index (χ1v) is 9.25. The number of benzene rings is 1. The largest absolute Gasteiger partial charge is 0.459 e. The summed E-state index contributed by atoms with van der Waals surface area (Å²) in [6.07, 6.45) is 0.704. The molecule has 1 aromatic heterocycles. The van der Waals surface area contributed by atoms with Gasteiger partial charge in [0.25, 0.3) is 0 Å². The molecule has 0 aliphatic carbocycles. The van der Waals surface area contributed by atoms with Gasteiger partial charge in [0.05, 0.1) is 17.5 Å². The molecule has 0 saturated carbocycles. The van der Waals surface area contributed by atoms with Crippen LogP contribution in [0.3, 0.4) is 0 Å². The second kappa shape index (κ2) is 5.46. The third-order valence-corrected chi connectivity index (χ3v) is 6.02. The van der Waals surface area contributed by atoms with E-state index in [9.17, 15) is 8.42 Å². The first-order valence-electron chi connectivity index (χ1n) is 7.43. The third kappa shape index (κ3) is 2.85. The normalized spacial score (nSPS) is 22.7. The molecule has 0 radical (unpaired) electrons. The van der Waals surface area contributed by atoms with Crippen LogP contribution in [0.15, 0.2) is 28.7 Å². The lowest BCUT2D eigenvalue weighted by Gasteiger charge is -2.21. The van der Waals surface area contributed by atoms with Crippen molar-refractivity contribution in [3.05, 3.63) is 35.6 Å². The molecule has 0 spiro atoms. The van der Waals surface area contributed by atoms with E-state index in [0.717, 1.165) is 28.8 Å². The van der Waals surface area contributed by atoms with Gasteiger partial charge in [0.2, 0.25) is 0 Å². The van der Waals surface area contributed by atoms with E-state index in [1.807, 2.05) is 38.1 Å². The fourth-order valence-electron chi connectivity index (χ4n) is 3.19. The van der Waals surface area contributed by atoms with Crippen molar-refractivity contribution in [2.45, 2.75) is 26.3 Å². The van der Waals surface area contributed by atoms with E-state index in [1.54, 1.807) is 0 Å². The van der Waals surface area contributed by atoms with Crippen LogP contribution in [-0.2, 0) is 9.84 Å². The summed E-state index contributed by atoms with van der Waals surface area (Å²) in [6, 6.07) is 8.08. The molecular formula is C16H21NO3S. The van der Waals surface area contributed by atoms with Crippen molar-refractivity contribution < 1.29 is 12.8 Å². The molecule has 0 bridgehead atoms. The Morgan fingerprint density at radius 2 is 2.24 bits per heavy atom. The Bertz CT molecular complexity index is 748. The fraction of sp³-hybridized carbons (Fsp3) is 0.500. The maximum atomic E-state index is 11.7. The van der Waals surface area contributed by atoms with Gasteiger partial charge in [0, 0.05) is 5.39 Å². The summed E-state index contributed by atoms with van der Waals surface area (Å²) < 4.78 is 29.5. The van der Waals surface area contributed by atoms with Crippen molar-refractivity contribution >= 4 is 20.8 Å². The van der Waals surface area contributed by atoms with Crippen LogP contribution in [0.25, 0.3) is 11.0 Å². The summed E-state index contributed by atoms with van der Waals surface area (Å²) in [5, 5.41) is 4.48. The number of hydrogen-bond donors (Lipinski definition) is 1. The Labute approximate surface area is 125 Å². The monoisotopic (exact) mass is 307 g/mol. The van der Waals surface area contributed by atoms with E-state index in [1.165, 1.54) is 0 Å². The zero-order chi connectivity index (χ0) is 15.0. The van der Waals surface area contributed by atoms with Crippen molar-refractivity contribution in [3.8, 4) is 0 Å². The molecule has 1 N–H and O–H groups in total. The highest BCUT2D eigenvalue weighted by Crippen LogP contribution is 2.34. The third-order valence-electron chi connectivity index (χ3n) is 4.23. The average Bonchev–Trinajstić information content (AvgIpc) is 3.00. The van der Waals surface area contributed by atoms with E-state index in [0.29, 0.717) is 12.2 Å². The van der Waals surface area contributed by atoms with Crippen molar-refractivity contribution in [3.63, 3.8) is 0 Å². The maximum absolute atomic E-state index is 11.7. The molecule has 114 valence electrons. The second-order valence-electron chi connectivity index (χ2n) is 5.84. The molecule has 1 aliphatic rings. The van der Waals surface area contributed by atoms with Crippen molar-refractivity contribution in [1.82, 2.24) is 5.32 Å². The molecule has 2 heterocycles. The van der Waals surface area contributed by atoms with Gasteiger partial charge in [-0.15, -0.1) is 0 Å². The van der Waals surface area contributed by atoms with Crippen LogP contribution in [0.1, 0.15) is 30.7 Å². The molecule has 5 heteroatoms. The molecule has 1 saturated heterocycles. The van der Waals surface area contributed by atoms with E-state index >= 15 is 0 Å². The lowest BCUT2D eigenvalue weighted by molar-refractivity contribution is 0.343. The number of aryl methyl sites for hydroxylation is 1. The predicted octanol–water partition coefficient (Wildman–Crippen LogP) is 2.83. The molecule has 21 heavy (non-hydrogen) atoms. The van der Waals surface area contributed by atoms with Crippen LogP contribution in [0.5, 0.6) is 0 Å². The van der Waals surface area contributed by atoms with Crippen LogP contribution in [0.4, 0.5) is 0 Å². The lowest BCUT2D eigenvalue weighted by Crippen LogP contribution is -2.28. The second-order valence-corrected chi connectivity index (χ2v) is 8.07. The molecule has 4 nitrogen and oxygen atoms in total. The summed E-state index contributed by atoms with van der Waals surface area (Å²) in [4.78, 5) is 0. The summed E-state index contributed by atoms with van der Waals surface area (Å²) >= 11 is 0. The predicted molar refractivity (Wildman–Crippen MR) is 84.1 cm³/mol. The van der Waals surface area contributed by atoms with Gasteiger partial charge in [-0.25, -0.2) is 8.42 Å². The van der Waals surface area contributed by atoms with Gasteiger partial charge in [-0.3, -0.25) is 0 Å². The van der Waals surface area contributed by atoms with Gasteiger partial charge in [-0.2, -0.15) is 0 Å². The molecule has 3 rings (SSSR count). The Morgan fingerprint density at radius 3 is 2.86 bits per heavy atom. The van der Waals surface area contributed by atoms with Gasteiger partial charge in [0.15, 0.2) is 9.84 Å². The van der Waals surface area contributed by atoms with Gasteiger partial charge in [0.1, 0.15) is 11.3 Å². The molecule has 2 atom stereocenters. The highest BCUT2D eigenvalue weighted by atomic mass is 32.2. The van der Waals surface area contributed by atoms with E-state index < -0.39 is 9.84 Å². The zero-order valence-electron chi connectivity index (χ0n) is 12.4. The van der Waals surface area contributed by atoms with Crippen LogP contribution >= 0.6 is 0 Å². The Morgan fingerprint density at radius 1 is 1.43 bits per heavy atom. The fourth-order valence-corrected chi connectivity index (χ4v) is 5.03. The maximum Gasteiger partial charge on any atom is 0.150 e. The summed E-state index contributed by atoms with van der Waals surface area (Å²) in [7, 11) is -2.89. The Hall–Kier alpha value is -1.33. The van der Waals surface area contributed by atoms with Crippen LogP contribution in [0, 0.1) is 12.8 Å². The van der Waals surface area contributed by atoms with Gasteiger partial charge >= 0.3 is 0 Å². The van der Waals surface area contributed by atoms with Crippen LogP contribution in [-0.4, -0.2) is 26.5 Å². The first kappa shape index (κ1) is 14.6. The molecule has 1 aliphatic heterocycles. The van der Waals surface area contributed by atoms with Crippen molar-refractivity contribution in [2.24, 2.45) is 5.92 Å².